The normalized spacial score (nSPS) is 35.2. The van der Waals surface area contributed by atoms with Crippen LogP contribution in [0, 0.1) is 11.8 Å². The quantitative estimate of drug-likeness (QED) is 0.751. The number of nitrogens with zero attached hydrogens (tertiary/aromatic N) is 1. The first-order valence-electron chi connectivity index (χ1n) is 7.69. The molecule has 0 bridgehead atoms. The predicted octanol–water partition coefficient (Wildman–Crippen LogP) is 2.96. The number of fused-ring (bicyclic) bond motifs is 1. The van der Waals surface area contributed by atoms with Gasteiger partial charge in [-0.05, 0) is 50.3 Å². The first-order chi connectivity index (χ1) is 8.64. The van der Waals surface area contributed by atoms with E-state index in [0.717, 1.165) is 37.6 Å². The zero-order valence-electron chi connectivity index (χ0n) is 11.8. The van der Waals surface area contributed by atoms with Gasteiger partial charge in [0.1, 0.15) is 0 Å². The van der Waals surface area contributed by atoms with Gasteiger partial charge >= 0.3 is 0 Å². The maximum Gasteiger partial charge on any atom is 0.0700 e. The predicted molar refractivity (Wildman–Crippen MR) is 80.2 cm³/mol. The highest BCUT2D eigenvalue weighted by atomic mass is 32.1. The first kappa shape index (κ1) is 14.7. The molecule has 0 amide bonds. The highest BCUT2D eigenvalue weighted by Crippen LogP contribution is 2.39. The Hall–Kier alpha value is 0.270. The average Bonchev–Trinajstić information content (AvgIpc) is 2.36. The third-order valence-electron chi connectivity index (χ3n) is 5.07. The lowest BCUT2D eigenvalue weighted by Gasteiger charge is -2.47. The van der Waals surface area contributed by atoms with Crippen LogP contribution in [0.15, 0.2) is 0 Å². The molecule has 2 rings (SSSR count). The van der Waals surface area contributed by atoms with Crippen molar-refractivity contribution in [3.05, 3.63) is 0 Å². The van der Waals surface area contributed by atoms with Crippen molar-refractivity contribution in [2.24, 2.45) is 11.8 Å². The lowest BCUT2D eigenvalue weighted by atomic mass is 9.71. The van der Waals surface area contributed by atoms with E-state index >= 15 is 0 Å². The Morgan fingerprint density at radius 3 is 2.94 bits per heavy atom. The minimum Gasteiger partial charge on any atom is -0.390 e. The van der Waals surface area contributed by atoms with Crippen LogP contribution >= 0.6 is 12.6 Å². The molecule has 3 unspecified atom stereocenters. The molecule has 2 fully saturated rings. The van der Waals surface area contributed by atoms with Crippen molar-refractivity contribution < 1.29 is 5.11 Å². The zero-order chi connectivity index (χ0) is 13.0. The van der Waals surface area contributed by atoms with E-state index in [1.165, 1.54) is 38.6 Å². The average molecular weight is 271 g/mol. The van der Waals surface area contributed by atoms with Crippen molar-refractivity contribution in [1.29, 1.82) is 0 Å². The Kier molecular flexibility index (Phi) is 5.40. The van der Waals surface area contributed by atoms with E-state index in [9.17, 15) is 5.11 Å². The third-order valence-corrected chi connectivity index (χ3v) is 5.33. The standard InChI is InChI=1S/C15H29NOS/c1-13(6-11-18)5-9-16-10-8-15(17)7-3-2-4-14(15)12-16/h13-14,17-18H,2-12H2,1H3. The summed E-state index contributed by atoms with van der Waals surface area (Å²) in [6, 6.07) is 0. The van der Waals surface area contributed by atoms with Crippen molar-refractivity contribution in [1.82, 2.24) is 4.90 Å². The Bertz CT molecular complexity index is 261. The van der Waals surface area contributed by atoms with Gasteiger partial charge in [0.15, 0.2) is 0 Å². The van der Waals surface area contributed by atoms with Crippen molar-refractivity contribution in [2.45, 2.75) is 57.5 Å². The fourth-order valence-electron chi connectivity index (χ4n) is 3.61. The minimum absolute atomic E-state index is 0.314. The third kappa shape index (κ3) is 3.64. The molecule has 106 valence electrons. The van der Waals surface area contributed by atoms with Gasteiger partial charge in [0.05, 0.1) is 5.60 Å². The highest BCUT2D eigenvalue weighted by Gasteiger charge is 2.42. The Morgan fingerprint density at radius 1 is 1.33 bits per heavy atom. The number of hydrogen-bond donors (Lipinski definition) is 2. The molecule has 1 saturated heterocycles. The fourth-order valence-corrected chi connectivity index (χ4v) is 4.05. The number of aliphatic hydroxyl groups is 1. The molecular weight excluding hydrogens is 242 g/mol. The van der Waals surface area contributed by atoms with Crippen LogP contribution in [0.4, 0.5) is 0 Å². The first-order valence-corrected chi connectivity index (χ1v) is 8.33. The molecule has 1 N–H and O–H groups in total. The lowest BCUT2D eigenvalue weighted by molar-refractivity contribution is -0.0956. The van der Waals surface area contributed by atoms with Gasteiger partial charge in [0, 0.05) is 19.0 Å². The van der Waals surface area contributed by atoms with Crippen LogP contribution in [0.1, 0.15) is 51.9 Å². The lowest BCUT2D eigenvalue weighted by Crippen LogP contribution is -2.53. The maximum atomic E-state index is 10.6. The second-order valence-electron chi connectivity index (χ2n) is 6.50. The van der Waals surface area contributed by atoms with Crippen molar-refractivity contribution in [3.8, 4) is 0 Å². The van der Waals surface area contributed by atoms with Gasteiger partial charge in [-0.2, -0.15) is 12.6 Å². The summed E-state index contributed by atoms with van der Waals surface area (Å²) in [5.74, 6) is 2.33. The van der Waals surface area contributed by atoms with Crippen LogP contribution in [0.3, 0.4) is 0 Å². The summed E-state index contributed by atoms with van der Waals surface area (Å²) in [6.07, 6.45) is 8.33. The van der Waals surface area contributed by atoms with E-state index in [1.807, 2.05) is 0 Å². The molecule has 3 atom stereocenters. The molecule has 0 aromatic rings. The molecule has 3 heteroatoms. The molecule has 2 aliphatic rings. The monoisotopic (exact) mass is 271 g/mol. The van der Waals surface area contributed by atoms with E-state index in [2.05, 4.69) is 24.5 Å². The van der Waals surface area contributed by atoms with E-state index < -0.39 is 0 Å². The van der Waals surface area contributed by atoms with Crippen molar-refractivity contribution >= 4 is 12.6 Å². The molecular formula is C15H29NOS. The van der Waals surface area contributed by atoms with Gasteiger partial charge in [-0.3, -0.25) is 0 Å². The Labute approximate surface area is 118 Å². The van der Waals surface area contributed by atoms with Crippen LogP contribution < -0.4 is 0 Å². The number of likely N-dealkylation sites (tertiary alicyclic amines) is 1. The second kappa shape index (κ2) is 6.62. The topological polar surface area (TPSA) is 23.5 Å². The van der Waals surface area contributed by atoms with E-state index in [1.54, 1.807) is 0 Å². The summed E-state index contributed by atoms with van der Waals surface area (Å²) >= 11 is 4.31. The SMILES string of the molecule is CC(CCS)CCN1CCC2(O)CCCCC2C1. The van der Waals surface area contributed by atoms with Gasteiger partial charge in [-0.25, -0.2) is 0 Å². The number of thiol groups is 1. The molecule has 18 heavy (non-hydrogen) atoms. The van der Waals surface area contributed by atoms with Crippen LogP contribution in [0.5, 0.6) is 0 Å². The summed E-state index contributed by atoms with van der Waals surface area (Å²) < 4.78 is 0. The van der Waals surface area contributed by atoms with Crippen LogP contribution in [0.2, 0.25) is 0 Å². The summed E-state index contributed by atoms with van der Waals surface area (Å²) in [5, 5.41) is 10.6. The molecule has 1 aliphatic heterocycles. The molecule has 1 aliphatic carbocycles. The fraction of sp³-hybridized carbons (Fsp3) is 1.00. The molecule has 0 aromatic carbocycles. The number of hydrogen-bond acceptors (Lipinski definition) is 3. The van der Waals surface area contributed by atoms with Gasteiger partial charge in [-0.15, -0.1) is 0 Å². The largest absolute Gasteiger partial charge is 0.390 e. The zero-order valence-corrected chi connectivity index (χ0v) is 12.7. The van der Waals surface area contributed by atoms with E-state index in [4.69, 9.17) is 0 Å². The summed E-state index contributed by atoms with van der Waals surface area (Å²) in [6.45, 7) is 5.77. The summed E-state index contributed by atoms with van der Waals surface area (Å²) in [4.78, 5) is 2.58. The molecule has 0 spiro atoms. The smallest absolute Gasteiger partial charge is 0.0700 e. The Balaban J connectivity index is 1.76. The number of rotatable bonds is 5. The summed E-state index contributed by atoms with van der Waals surface area (Å²) in [7, 11) is 0. The van der Waals surface area contributed by atoms with E-state index in [-0.39, 0.29) is 5.60 Å². The van der Waals surface area contributed by atoms with Gasteiger partial charge < -0.3 is 10.0 Å². The highest BCUT2D eigenvalue weighted by molar-refractivity contribution is 7.80. The van der Waals surface area contributed by atoms with Crippen LogP contribution in [-0.2, 0) is 0 Å². The van der Waals surface area contributed by atoms with Gasteiger partial charge in [-0.1, -0.05) is 19.8 Å². The second-order valence-corrected chi connectivity index (χ2v) is 6.95. The van der Waals surface area contributed by atoms with Crippen molar-refractivity contribution in [2.75, 3.05) is 25.4 Å². The van der Waals surface area contributed by atoms with E-state index in [0.29, 0.717) is 5.92 Å². The Morgan fingerprint density at radius 2 is 2.17 bits per heavy atom. The molecule has 1 heterocycles. The summed E-state index contributed by atoms with van der Waals surface area (Å²) in [5.41, 5.74) is -0.314. The molecule has 0 radical (unpaired) electrons. The molecule has 0 aromatic heterocycles. The van der Waals surface area contributed by atoms with Crippen LogP contribution in [0.25, 0.3) is 0 Å². The molecule has 1 saturated carbocycles. The van der Waals surface area contributed by atoms with Crippen molar-refractivity contribution in [3.63, 3.8) is 0 Å². The van der Waals surface area contributed by atoms with Gasteiger partial charge in [0.25, 0.3) is 0 Å². The molecule has 2 nitrogen and oxygen atoms in total. The number of piperidine rings is 1. The van der Waals surface area contributed by atoms with Gasteiger partial charge in [0.2, 0.25) is 0 Å². The minimum atomic E-state index is -0.314. The maximum absolute atomic E-state index is 10.6. The van der Waals surface area contributed by atoms with Crippen LogP contribution in [-0.4, -0.2) is 41.0 Å².